The van der Waals surface area contributed by atoms with E-state index in [2.05, 4.69) is 10.3 Å². The molecule has 0 unspecified atom stereocenters. The molecule has 3 rings (SSSR count). The number of amides is 1. The first-order valence-corrected chi connectivity index (χ1v) is 8.92. The van der Waals surface area contributed by atoms with Gasteiger partial charge in [-0.1, -0.05) is 36.7 Å². The highest BCUT2D eigenvalue weighted by atomic mass is 32.2. The Bertz CT molecular complexity index is 602. The second kappa shape index (κ2) is 6.34. The fraction of sp³-hybridized carbons (Fsp3) is 0.467. The van der Waals surface area contributed by atoms with Crippen LogP contribution in [0.15, 0.2) is 28.6 Å². The lowest BCUT2D eigenvalue weighted by Crippen LogP contribution is -2.41. The molecule has 0 aliphatic heterocycles. The van der Waals surface area contributed by atoms with Crippen molar-refractivity contribution in [3.63, 3.8) is 0 Å². The van der Waals surface area contributed by atoms with Crippen LogP contribution in [0.2, 0.25) is 0 Å². The number of aliphatic hydroxyl groups is 1. The van der Waals surface area contributed by atoms with Crippen LogP contribution in [0.1, 0.15) is 25.7 Å². The van der Waals surface area contributed by atoms with E-state index in [1.54, 1.807) is 11.3 Å². The minimum atomic E-state index is -0.684. The third-order valence-electron chi connectivity index (χ3n) is 3.75. The summed E-state index contributed by atoms with van der Waals surface area (Å²) in [5.41, 5.74) is 0.293. The number of carbonyl (C=O) groups is 1. The molecule has 1 heterocycles. The zero-order valence-corrected chi connectivity index (χ0v) is 13.3. The molecule has 1 aliphatic carbocycles. The van der Waals surface area contributed by atoms with Gasteiger partial charge in [-0.25, -0.2) is 4.98 Å². The number of benzene rings is 1. The highest BCUT2D eigenvalue weighted by Gasteiger charge is 2.31. The molecule has 0 saturated heterocycles. The van der Waals surface area contributed by atoms with Crippen LogP contribution in [0.3, 0.4) is 0 Å². The van der Waals surface area contributed by atoms with Gasteiger partial charge in [0.1, 0.15) is 0 Å². The Labute approximate surface area is 132 Å². The van der Waals surface area contributed by atoms with Crippen LogP contribution >= 0.6 is 23.1 Å². The molecule has 1 aliphatic rings. The molecule has 1 aromatic heterocycles. The molecule has 1 aromatic carbocycles. The number of nitrogens with one attached hydrogen (secondary N) is 1. The van der Waals surface area contributed by atoms with Gasteiger partial charge in [-0.3, -0.25) is 4.79 Å². The number of fused-ring (bicyclic) bond motifs is 1. The number of rotatable bonds is 5. The number of hydrogen-bond acceptors (Lipinski definition) is 5. The van der Waals surface area contributed by atoms with E-state index in [9.17, 15) is 9.90 Å². The van der Waals surface area contributed by atoms with Crippen LogP contribution in [-0.4, -0.2) is 33.9 Å². The summed E-state index contributed by atoms with van der Waals surface area (Å²) in [6.07, 6.45) is 3.68. The first-order chi connectivity index (χ1) is 10.1. The predicted molar refractivity (Wildman–Crippen MR) is 86.8 cm³/mol. The minimum Gasteiger partial charge on any atom is -0.388 e. The second-order valence-corrected chi connectivity index (χ2v) is 7.70. The van der Waals surface area contributed by atoms with Gasteiger partial charge in [0.25, 0.3) is 0 Å². The molecule has 21 heavy (non-hydrogen) atoms. The van der Waals surface area contributed by atoms with Crippen molar-refractivity contribution in [1.82, 2.24) is 10.3 Å². The molecule has 6 heteroatoms. The molecule has 2 N–H and O–H groups in total. The van der Waals surface area contributed by atoms with E-state index in [1.165, 1.54) is 11.8 Å². The normalized spacial score (nSPS) is 17.2. The number of nitrogens with zero attached hydrogens (tertiary/aromatic N) is 1. The summed E-state index contributed by atoms with van der Waals surface area (Å²) in [6.45, 7) is 0.367. The summed E-state index contributed by atoms with van der Waals surface area (Å²) < 4.78 is 2.05. The Kier molecular flexibility index (Phi) is 4.47. The number of para-hydroxylation sites is 1. The Morgan fingerprint density at radius 2 is 2.14 bits per heavy atom. The Morgan fingerprint density at radius 3 is 2.90 bits per heavy atom. The first-order valence-electron chi connectivity index (χ1n) is 7.12. The lowest BCUT2D eigenvalue weighted by molar-refractivity contribution is -0.119. The molecule has 2 aromatic rings. The molecule has 112 valence electrons. The third kappa shape index (κ3) is 3.75. The quantitative estimate of drug-likeness (QED) is 0.831. The van der Waals surface area contributed by atoms with Crippen molar-refractivity contribution in [3.8, 4) is 0 Å². The van der Waals surface area contributed by atoms with Crippen LogP contribution in [0.4, 0.5) is 0 Å². The van der Waals surface area contributed by atoms with E-state index in [4.69, 9.17) is 0 Å². The Hall–Kier alpha value is -1.11. The SMILES string of the molecule is O=C(CSc1nc2ccccc2s1)NCC1(O)CCCC1. The predicted octanol–water partition coefficient (Wildman–Crippen LogP) is 2.81. The summed E-state index contributed by atoms with van der Waals surface area (Å²) in [6, 6.07) is 7.97. The van der Waals surface area contributed by atoms with Crippen molar-refractivity contribution < 1.29 is 9.90 Å². The van der Waals surface area contributed by atoms with E-state index in [0.717, 1.165) is 40.2 Å². The Morgan fingerprint density at radius 1 is 1.38 bits per heavy atom. The summed E-state index contributed by atoms with van der Waals surface area (Å²) >= 11 is 3.05. The van der Waals surface area contributed by atoms with Crippen molar-refractivity contribution >= 4 is 39.2 Å². The maximum Gasteiger partial charge on any atom is 0.230 e. The van der Waals surface area contributed by atoms with E-state index in [0.29, 0.717) is 12.3 Å². The molecule has 0 spiro atoms. The van der Waals surface area contributed by atoms with Gasteiger partial charge in [-0.15, -0.1) is 11.3 Å². The zero-order valence-electron chi connectivity index (χ0n) is 11.7. The van der Waals surface area contributed by atoms with Gasteiger partial charge in [-0.2, -0.15) is 0 Å². The zero-order chi connectivity index (χ0) is 14.7. The van der Waals surface area contributed by atoms with Gasteiger partial charge >= 0.3 is 0 Å². The number of aromatic nitrogens is 1. The highest BCUT2D eigenvalue weighted by molar-refractivity contribution is 8.01. The smallest absolute Gasteiger partial charge is 0.230 e. The molecular weight excluding hydrogens is 304 g/mol. The average molecular weight is 322 g/mol. The number of thiazole rings is 1. The second-order valence-electron chi connectivity index (χ2n) is 5.44. The largest absolute Gasteiger partial charge is 0.388 e. The summed E-state index contributed by atoms with van der Waals surface area (Å²) in [5.74, 6) is 0.301. The Balaban J connectivity index is 1.49. The lowest BCUT2D eigenvalue weighted by atomic mass is 10.0. The summed E-state index contributed by atoms with van der Waals surface area (Å²) in [7, 11) is 0. The molecule has 4 nitrogen and oxygen atoms in total. The fourth-order valence-electron chi connectivity index (χ4n) is 2.56. The minimum absolute atomic E-state index is 0.0421. The van der Waals surface area contributed by atoms with Crippen molar-refractivity contribution in [2.75, 3.05) is 12.3 Å². The van der Waals surface area contributed by atoms with Crippen LogP contribution in [0.5, 0.6) is 0 Å². The van der Waals surface area contributed by atoms with Crippen molar-refractivity contribution in [2.45, 2.75) is 35.6 Å². The van der Waals surface area contributed by atoms with Gasteiger partial charge in [-0.05, 0) is 25.0 Å². The third-order valence-corrected chi connectivity index (χ3v) is 5.93. The number of hydrogen-bond donors (Lipinski definition) is 2. The van der Waals surface area contributed by atoms with Crippen molar-refractivity contribution in [2.24, 2.45) is 0 Å². The van der Waals surface area contributed by atoms with Gasteiger partial charge in [0, 0.05) is 6.54 Å². The van der Waals surface area contributed by atoms with E-state index < -0.39 is 5.60 Å². The van der Waals surface area contributed by atoms with Crippen molar-refractivity contribution in [3.05, 3.63) is 24.3 Å². The molecular formula is C15H18N2O2S2. The maximum absolute atomic E-state index is 11.9. The summed E-state index contributed by atoms with van der Waals surface area (Å²) in [4.78, 5) is 16.4. The molecule has 0 atom stereocenters. The highest BCUT2D eigenvalue weighted by Crippen LogP contribution is 2.30. The molecule has 1 saturated carbocycles. The van der Waals surface area contributed by atoms with Gasteiger partial charge < -0.3 is 10.4 Å². The van der Waals surface area contributed by atoms with E-state index in [1.807, 2.05) is 24.3 Å². The van der Waals surface area contributed by atoms with E-state index >= 15 is 0 Å². The lowest BCUT2D eigenvalue weighted by Gasteiger charge is -2.22. The van der Waals surface area contributed by atoms with Crippen LogP contribution in [-0.2, 0) is 4.79 Å². The van der Waals surface area contributed by atoms with Crippen LogP contribution in [0, 0.1) is 0 Å². The number of carbonyl (C=O) groups excluding carboxylic acids is 1. The molecule has 0 radical (unpaired) electrons. The van der Waals surface area contributed by atoms with Gasteiger partial charge in [0.15, 0.2) is 4.34 Å². The monoisotopic (exact) mass is 322 g/mol. The van der Waals surface area contributed by atoms with E-state index in [-0.39, 0.29) is 5.91 Å². The summed E-state index contributed by atoms with van der Waals surface area (Å²) in [5, 5.41) is 13.0. The van der Waals surface area contributed by atoms with Gasteiger partial charge in [0.05, 0.1) is 21.6 Å². The maximum atomic E-state index is 11.9. The van der Waals surface area contributed by atoms with Crippen LogP contribution in [0.25, 0.3) is 10.2 Å². The van der Waals surface area contributed by atoms with Gasteiger partial charge in [0.2, 0.25) is 5.91 Å². The van der Waals surface area contributed by atoms with Crippen LogP contribution < -0.4 is 5.32 Å². The molecule has 1 fully saturated rings. The topological polar surface area (TPSA) is 62.2 Å². The molecule has 0 bridgehead atoms. The fourth-order valence-corrected chi connectivity index (χ4v) is 4.46. The number of thioether (sulfide) groups is 1. The standard InChI is InChI=1S/C15H18N2O2S2/c18-13(16-10-15(19)7-3-4-8-15)9-20-14-17-11-5-1-2-6-12(11)21-14/h1-2,5-6,19H,3-4,7-10H2,(H,16,18). The van der Waals surface area contributed by atoms with Crippen molar-refractivity contribution in [1.29, 1.82) is 0 Å². The average Bonchev–Trinajstić information content (AvgIpc) is 3.09. The first kappa shape index (κ1) is 14.8. The molecule has 1 amide bonds.